The van der Waals surface area contributed by atoms with Gasteiger partial charge >= 0.3 is 12.2 Å². The summed E-state index contributed by atoms with van der Waals surface area (Å²) in [7, 11) is 2.40. The lowest BCUT2D eigenvalue weighted by Crippen LogP contribution is -2.53. The van der Waals surface area contributed by atoms with Crippen molar-refractivity contribution in [3.8, 4) is 23.1 Å². The number of aliphatic hydroxyl groups is 2. The molecule has 0 spiro atoms. The highest BCUT2D eigenvalue weighted by Crippen LogP contribution is 2.34. The molecule has 2 aliphatic heterocycles. The lowest BCUT2D eigenvalue weighted by atomic mass is 10.1. The van der Waals surface area contributed by atoms with Crippen molar-refractivity contribution in [2.24, 2.45) is 0 Å². The number of aromatic nitrogens is 4. The first-order valence-corrected chi connectivity index (χ1v) is 17.8. The molecule has 2 fully saturated rings. The van der Waals surface area contributed by atoms with Gasteiger partial charge < -0.3 is 50.1 Å². The standard InChI is InChI=1S/C38H44N8O8/c1-21(47)31(43-37(51)53-3)35(49)45-17-5-7-29(45)33-39-20-28(42-33)25-14-11-23(12-15-25)9-10-24-13-16-26-27(19-24)41-34(40-26)30-8-6-18-46(30)36(50)32(22(2)48)44-38(52)54-4/h11-16,19-22,29-32,47-48H,5-8,17-18H2,1-4H3,(H,39,42)(H,40,41)(H,43,51)(H,44,52)/t21-,22-,29+,30+,31+,32+/m1/s1. The van der Waals surface area contributed by atoms with E-state index in [1.54, 1.807) is 16.0 Å². The highest BCUT2D eigenvalue weighted by Gasteiger charge is 2.39. The zero-order chi connectivity index (χ0) is 38.5. The molecule has 16 heteroatoms. The van der Waals surface area contributed by atoms with Gasteiger partial charge in [0.1, 0.15) is 23.7 Å². The maximum atomic E-state index is 13.4. The number of rotatable bonds is 9. The van der Waals surface area contributed by atoms with E-state index in [9.17, 15) is 29.4 Å². The molecule has 2 aliphatic rings. The van der Waals surface area contributed by atoms with E-state index in [0.29, 0.717) is 37.6 Å². The molecule has 16 nitrogen and oxygen atoms in total. The average molecular weight is 741 g/mol. The zero-order valence-electron chi connectivity index (χ0n) is 30.5. The molecule has 0 radical (unpaired) electrons. The number of aliphatic hydroxyl groups excluding tert-OH is 2. The summed E-state index contributed by atoms with van der Waals surface area (Å²) in [5.41, 5.74) is 4.72. The van der Waals surface area contributed by atoms with Gasteiger partial charge in [-0.3, -0.25) is 9.59 Å². The van der Waals surface area contributed by atoms with Gasteiger partial charge in [-0.15, -0.1) is 0 Å². The fourth-order valence-electron chi connectivity index (χ4n) is 6.93. The Morgan fingerprint density at radius 1 is 0.796 bits per heavy atom. The van der Waals surface area contributed by atoms with Gasteiger partial charge in [0, 0.05) is 24.2 Å². The van der Waals surface area contributed by atoms with Crippen molar-refractivity contribution in [2.45, 2.75) is 75.9 Å². The number of carbonyl (C=O) groups excluding carboxylic acids is 4. The maximum Gasteiger partial charge on any atom is 0.407 e. The number of aromatic amines is 2. The van der Waals surface area contributed by atoms with Gasteiger partial charge in [-0.05, 0) is 75.4 Å². The third kappa shape index (κ3) is 8.17. The van der Waals surface area contributed by atoms with Crippen LogP contribution in [-0.2, 0) is 19.1 Å². The number of benzene rings is 2. The first-order chi connectivity index (χ1) is 26.0. The lowest BCUT2D eigenvalue weighted by molar-refractivity contribution is -0.137. The smallest absolute Gasteiger partial charge is 0.407 e. The number of nitrogens with one attached hydrogen (secondary N) is 4. The second kappa shape index (κ2) is 16.4. The number of hydrogen-bond donors (Lipinski definition) is 6. The molecular weight excluding hydrogens is 696 g/mol. The highest BCUT2D eigenvalue weighted by molar-refractivity contribution is 5.87. The number of carbonyl (C=O) groups is 4. The first-order valence-electron chi connectivity index (χ1n) is 17.8. The number of likely N-dealkylation sites (tertiary alicyclic amines) is 2. The number of methoxy groups -OCH3 is 2. The number of ether oxygens (including phenoxy) is 2. The lowest BCUT2D eigenvalue weighted by Gasteiger charge is -2.29. The van der Waals surface area contributed by atoms with Crippen LogP contribution in [0, 0.1) is 11.8 Å². The molecule has 54 heavy (non-hydrogen) atoms. The molecule has 0 aliphatic carbocycles. The van der Waals surface area contributed by atoms with Crippen LogP contribution in [0.3, 0.4) is 0 Å². The van der Waals surface area contributed by atoms with Crippen LogP contribution >= 0.6 is 0 Å². The molecule has 4 amide bonds. The summed E-state index contributed by atoms with van der Waals surface area (Å²) < 4.78 is 9.26. The van der Waals surface area contributed by atoms with E-state index in [2.05, 4.69) is 46.9 Å². The molecule has 2 aromatic carbocycles. The fraction of sp³-hybridized carbons (Fsp3) is 0.421. The van der Waals surface area contributed by atoms with Gasteiger partial charge in [0.2, 0.25) is 11.8 Å². The van der Waals surface area contributed by atoms with E-state index in [-0.39, 0.29) is 12.1 Å². The van der Waals surface area contributed by atoms with Crippen LogP contribution in [0.2, 0.25) is 0 Å². The Balaban J connectivity index is 1.12. The maximum absolute atomic E-state index is 13.4. The Bertz CT molecular complexity index is 2060. The van der Waals surface area contributed by atoms with Crippen LogP contribution in [0.25, 0.3) is 22.3 Å². The Morgan fingerprint density at radius 3 is 1.89 bits per heavy atom. The summed E-state index contributed by atoms with van der Waals surface area (Å²) >= 11 is 0. The molecule has 6 rings (SSSR count). The van der Waals surface area contributed by atoms with Crippen molar-refractivity contribution in [2.75, 3.05) is 27.3 Å². The predicted octanol–water partition coefficient (Wildman–Crippen LogP) is 2.89. The summed E-state index contributed by atoms with van der Waals surface area (Å²) in [6.45, 7) is 3.82. The number of imidazole rings is 2. The van der Waals surface area contributed by atoms with E-state index < -0.39 is 48.3 Å². The fourth-order valence-corrected chi connectivity index (χ4v) is 6.93. The number of nitrogens with zero attached hydrogens (tertiary/aromatic N) is 4. The van der Waals surface area contributed by atoms with E-state index in [1.807, 2.05) is 42.5 Å². The van der Waals surface area contributed by atoms with Crippen LogP contribution in [0.4, 0.5) is 9.59 Å². The third-order valence-electron chi connectivity index (χ3n) is 9.76. The van der Waals surface area contributed by atoms with E-state index in [0.717, 1.165) is 46.3 Å². The molecule has 6 N–H and O–H groups in total. The van der Waals surface area contributed by atoms with Crippen molar-refractivity contribution in [1.82, 2.24) is 40.4 Å². The van der Waals surface area contributed by atoms with Gasteiger partial charge in [-0.25, -0.2) is 19.6 Å². The molecule has 0 bridgehead atoms. The molecule has 284 valence electrons. The molecule has 0 saturated carbocycles. The van der Waals surface area contributed by atoms with E-state index in [4.69, 9.17) is 4.98 Å². The highest BCUT2D eigenvalue weighted by atomic mass is 16.5. The summed E-state index contributed by atoms with van der Waals surface area (Å²) in [6, 6.07) is 10.4. The van der Waals surface area contributed by atoms with Crippen molar-refractivity contribution >= 4 is 35.0 Å². The third-order valence-corrected chi connectivity index (χ3v) is 9.76. The van der Waals surface area contributed by atoms with Crippen molar-refractivity contribution in [3.63, 3.8) is 0 Å². The topological polar surface area (TPSA) is 215 Å². The van der Waals surface area contributed by atoms with Gasteiger partial charge in [-0.1, -0.05) is 24.0 Å². The second-order valence-electron chi connectivity index (χ2n) is 13.5. The largest absolute Gasteiger partial charge is 0.453 e. The van der Waals surface area contributed by atoms with Crippen molar-refractivity contribution in [3.05, 3.63) is 71.4 Å². The normalized spacial score (nSPS) is 19.0. The van der Waals surface area contributed by atoms with Gasteiger partial charge in [0.25, 0.3) is 0 Å². The summed E-state index contributed by atoms with van der Waals surface area (Å²) in [5, 5.41) is 25.3. The first kappa shape index (κ1) is 37.8. The van der Waals surface area contributed by atoms with Crippen LogP contribution in [0.1, 0.15) is 74.4 Å². The Hall–Kier alpha value is -5.92. The van der Waals surface area contributed by atoms with E-state index >= 15 is 0 Å². The predicted molar refractivity (Wildman–Crippen MR) is 195 cm³/mol. The van der Waals surface area contributed by atoms with Crippen molar-refractivity contribution < 1.29 is 38.9 Å². The van der Waals surface area contributed by atoms with Crippen LogP contribution < -0.4 is 10.6 Å². The van der Waals surface area contributed by atoms with Gasteiger partial charge in [0.05, 0.1) is 61.4 Å². The molecule has 4 aromatic rings. The number of alkyl carbamates (subject to hydrolysis) is 2. The molecule has 2 aromatic heterocycles. The van der Waals surface area contributed by atoms with Gasteiger partial charge in [0.15, 0.2) is 0 Å². The Morgan fingerprint density at radius 2 is 1.33 bits per heavy atom. The number of amides is 4. The van der Waals surface area contributed by atoms with Crippen molar-refractivity contribution in [1.29, 1.82) is 0 Å². The Labute approximate surface area is 311 Å². The molecule has 6 atom stereocenters. The molecule has 4 heterocycles. The number of hydrogen-bond acceptors (Lipinski definition) is 10. The minimum atomic E-state index is -1.15. The molecule has 2 saturated heterocycles. The minimum absolute atomic E-state index is 0.335. The van der Waals surface area contributed by atoms with Crippen LogP contribution in [0.5, 0.6) is 0 Å². The number of H-pyrrole nitrogens is 2. The molecular formula is C38H44N8O8. The molecule has 0 unspecified atom stereocenters. The Kier molecular flexibility index (Phi) is 11.5. The van der Waals surface area contributed by atoms with Crippen LogP contribution in [0.15, 0.2) is 48.7 Å². The quantitative estimate of drug-likeness (QED) is 0.138. The monoisotopic (exact) mass is 740 g/mol. The SMILES string of the molecule is COC(=O)N[C@H](C(=O)N1CCC[C@H]1c1ncc(-c2ccc(C#Cc3ccc4nc([C@@H]5CCCN5C(=O)[C@@H](NC(=O)OC)[C@@H](C)O)[nH]c4c3)cc2)[nH]1)[C@@H](C)O. The van der Waals surface area contributed by atoms with E-state index in [1.165, 1.54) is 28.1 Å². The second-order valence-corrected chi connectivity index (χ2v) is 13.5. The van der Waals surface area contributed by atoms with Crippen LogP contribution in [-0.4, -0.2) is 116 Å². The summed E-state index contributed by atoms with van der Waals surface area (Å²) in [5.74, 6) is 6.83. The minimum Gasteiger partial charge on any atom is -0.453 e. The zero-order valence-corrected chi connectivity index (χ0v) is 30.5. The number of fused-ring (bicyclic) bond motifs is 1. The average Bonchev–Trinajstić information content (AvgIpc) is 4.00. The van der Waals surface area contributed by atoms with Gasteiger partial charge in [-0.2, -0.15) is 0 Å². The summed E-state index contributed by atoms with van der Waals surface area (Å²) in [4.78, 5) is 69.6. The summed E-state index contributed by atoms with van der Waals surface area (Å²) in [6.07, 6.45) is 0.753.